The van der Waals surface area contributed by atoms with E-state index >= 15 is 0 Å². The van der Waals surface area contributed by atoms with Crippen LogP contribution in [0.15, 0.2) is 0 Å². The van der Waals surface area contributed by atoms with Crippen LogP contribution < -0.4 is 5.32 Å². The van der Waals surface area contributed by atoms with E-state index in [1.165, 1.54) is 0 Å². The fourth-order valence-electron chi connectivity index (χ4n) is 2.12. The summed E-state index contributed by atoms with van der Waals surface area (Å²) in [4.78, 5) is 2.46. The molecule has 0 aromatic heterocycles. The fourth-order valence-corrected chi connectivity index (χ4v) is 2.36. The monoisotopic (exact) mass is 278 g/mol. The highest BCUT2D eigenvalue weighted by molar-refractivity contribution is 6.20. The van der Waals surface area contributed by atoms with Gasteiger partial charge >= 0.3 is 0 Å². The van der Waals surface area contributed by atoms with Gasteiger partial charge in [-0.05, 0) is 26.8 Å². The molecule has 0 spiro atoms. The highest BCUT2D eigenvalue weighted by Gasteiger charge is 2.21. The molecule has 0 aromatic rings. The number of halogens is 1. The maximum absolute atomic E-state index is 6.06. The molecule has 18 heavy (non-hydrogen) atoms. The Kier molecular flexibility index (Phi) is 8.18. The van der Waals surface area contributed by atoms with Crippen molar-refractivity contribution in [1.82, 2.24) is 10.2 Å². The molecule has 2 unspecified atom stereocenters. The average Bonchev–Trinajstić information content (AvgIpc) is 2.35. The van der Waals surface area contributed by atoms with E-state index in [0.717, 1.165) is 39.2 Å². The van der Waals surface area contributed by atoms with Crippen LogP contribution in [0.2, 0.25) is 0 Å². The SMILES string of the molecule is COCC(Cl)CCNCC1CN(C(C)C)CCO1. The van der Waals surface area contributed by atoms with Crippen LogP contribution in [0.4, 0.5) is 0 Å². The van der Waals surface area contributed by atoms with E-state index in [1.807, 2.05) is 0 Å². The van der Waals surface area contributed by atoms with Crippen LogP contribution in [0.1, 0.15) is 20.3 Å². The van der Waals surface area contributed by atoms with E-state index in [9.17, 15) is 0 Å². The fraction of sp³-hybridized carbons (Fsp3) is 1.00. The van der Waals surface area contributed by atoms with Crippen LogP contribution in [0.25, 0.3) is 0 Å². The van der Waals surface area contributed by atoms with Crippen LogP contribution in [0.5, 0.6) is 0 Å². The Morgan fingerprint density at radius 2 is 2.28 bits per heavy atom. The smallest absolute Gasteiger partial charge is 0.0826 e. The summed E-state index contributed by atoms with van der Waals surface area (Å²) in [6, 6.07) is 0.602. The normalized spacial score (nSPS) is 23.5. The van der Waals surface area contributed by atoms with Crippen molar-refractivity contribution in [3.63, 3.8) is 0 Å². The molecular formula is C13H27ClN2O2. The van der Waals surface area contributed by atoms with E-state index in [0.29, 0.717) is 18.8 Å². The van der Waals surface area contributed by atoms with Crippen LogP contribution in [0, 0.1) is 0 Å². The average molecular weight is 279 g/mol. The first-order chi connectivity index (χ1) is 8.63. The van der Waals surface area contributed by atoms with Crippen molar-refractivity contribution < 1.29 is 9.47 Å². The standard InChI is InChI=1S/C13H27ClN2O2/c1-11(2)16-6-7-18-13(9-16)8-15-5-4-12(14)10-17-3/h11-13,15H,4-10H2,1-3H3. The maximum atomic E-state index is 6.06. The minimum absolute atomic E-state index is 0.0990. The Balaban J connectivity index is 2.08. The van der Waals surface area contributed by atoms with Crippen molar-refractivity contribution in [2.45, 2.75) is 37.8 Å². The molecule has 0 aromatic carbocycles. The van der Waals surface area contributed by atoms with Crippen molar-refractivity contribution in [1.29, 1.82) is 0 Å². The lowest BCUT2D eigenvalue weighted by Gasteiger charge is -2.35. The van der Waals surface area contributed by atoms with Crippen molar-refractivity contribution in [3.8, 4) is 0 Å². The van der Waals surface area contributed by atoms with Gasteiger partial charge in [0.05, 0.1) is 24.7 Å². The lowest BCUT2D eigenvalue weighted by atomic mass is 10.2. The molecule has 1 heterocycles. The minimum atomic E-state index is 0.0990. The first kappa shape index (κ1) is 16.2. The Morgan fingerprint density at radius 3 is 2.94 bits per heavy atom. The molecule has 1 aliphatic heterocycles. The summed E-state index contributed by atoms with van der Waals surface area (Å²) in [6.07, 6.45) is 1.23. The Hall–Kier alpha value is 0.130. The molecule has 1 N–H and O–H groups in total. The number of nitrogens with zero attached hydrogens (tertiary/aromatic N) is 1. The third kappa shape index (κ3) is 6.34. The number of alkyl halides is 1. The number of nitrogens with one attached hydrogen (secondary N) is 1. The van der Waals surface area contributed by atoms with Crippen molar-refractivity contribution in [2.24, 2.45) is 0 Å². The second-order valence-electron chi connectivity index (χ2n) is 5.13. The molecule has 1 rings (SSSR count). The highest BCUT2D eigenvalue weighted by atomic mass is 35.5. The summed E-state index contributed by atoms with van der Waals surface area (Å²) in [5.41, 5.74) is 0. The van der Waals surface area contributed by atoms with Gasteiger partial charge in [0.25, 0.3) is 0 Å². The molecule has 1 aliphatic rings. The Labute approximate surface area is 116 Å². The molecule has 0 bridgehead atoms. The lowest BCUT2D eigenvalue weighted by Crippen LogP contribution is -2.49. The van der Waals surface area contributed by atoms with E-state index < -0.39 is 0 Å². The quantitative estimate of drug-likeness (QED) is 0.537. The largest absolute Gasteiger partial charge is 0.383 e. The van der Waals surface area contributed by atoms with Gasteiger partial charge < -0.3 is 14.8 Å². The highest BCUT2D eigenvalue weighted by Crippen LogP contribution is 2.08. The van der Waals surface area contributed by atoms with Gasteiger partial charge in [0, 0.05) is 32.8 Å². The number of ether oxygens (including phenoxy) is 2. The molecule has 4 nitrogen and oxygen atoms in total. The van der Waals surface area contributed by atoms with Gasteiger partial charge in [-0.15, -0.1) is 11.6 Å². The van der Waals surface area contributed by atoms with Gasteiger partial charge in [0.1, 0.15) is 0 Å². The van der Waals surface area contributed by atoms with Crippen LogP contribution >= 0.6 is 11.6 Å². The van der Waals surface area contributed by atoms with Crippen LogP contribution in [-0.2, 0) is 9.47 Å². The zero-order valence-electron chi connectivity index (χ0n) is 11.8. The number of hydrogen-bond donors (Lipinski definition) is 1. The maximum Gasteiger partial charge on any atom is 0.0826 e. The number of morpholine rings is 1. The van der Waals surface area contributed by atoms with Gasteiger partial charge in [-0.1, -0.05) is 0 Å². The Bertz CT molecular complexity index is 217. The van der Waals surface area contributed by atoms with Crippen molar-refractivity contribution in [2.75, 3.05) is 46.5 Å². The topological polar surface area (TPSA) is 33.7 Å². The number of hydrogen-bond acceptors (Lipinski definition) is 4. The molecule has 1 fully saturated rings. The summed E-state index contributed by atoms with van der Waals surface area (Å²) < 4.78 is 10.8. The summed E-state index contributed by atoms with van der Waals surface area (Å²) in [7, 11) is 1.68. The summed E-state index contributed by atoms with van der Waals surface area (Å²) in [5, 5.41) is 3.51. The predicted octanol–water partition coefficient (Wildman–Crippen LogP) is 1.33. The van der Waals surface area contributed by atoms with Crippen molar-refractivity contribution >= 4 is 11.6 Å². The minimum Gasteiger partial charge on any atom is -0.383 e. The molecule has 0 saturated carbocycles. The van der Waals surface area contributed by atoms with Crippen LogP contribution in [-0.4, -0.2) is 68.9 Å². The van der Waals surface area contributed by atoms with E-state index in [4.69, 9.17) is 21.1 Å². The molecule has 0 aliphatic carbocycles. The van der Waals surface area contributed by atoms with Gasteiger partial charge in [-0.25, -0.2) is 0 Å². The second-order valence-corrected chi connectivity index (χ2v) is 5.74. The second kappa shape index (κ2) is 9.10. The van der Waals surface area contributed by atoms with Crippen LogP contribution in [0.3, 0.4) is 0 Å². The predicted molar refractivity (Wildman–Crippen MR) is 75.5 cm³/mol. The first-order valence-corrected chi connectivity index (χ1v) is 7.26. The molecule has 108 valence electrons. The van der Waals surface area contributed by atoms with Crippen molar-refractivity contribution in [3.05, 3.63) is 0 Å². The summed E-state index contributed by atoms with van der Waals surface area (Å²) in [6.45, 7) is 9.81. The van der Waals surface area contributed by atoms with E-state index in [-0.39, 0.29) is 5.38 Å². The molecular weight excluding hydrogens is 252 g/mol. The van der Waals surface area contributed by atoms with E-state index in [2.05, 4.69) is 24.1 Å². The van der Waals surface area contributed by atoms with Gasteiger partial charge in [0.15, 0.2) is 0 Å². The lowest BCUT2D eigenvalue weighted by molar-refractivity contribution is -0.0370. The third-order valence-electron chi connectivity index (χ3n) is 3.25. The number of methoxy groups -OCH3 is 1. The molecule has 5 heteroatoms. The van der Waals surface area contributed by atoms with Gasteiger partial charge in [-0.3, -0.25) is 4.90 Å². The summed E-state index contributed by atoms with van der Waals surface area (Å²) in [5.74, 6) is 0. The zero-order chi connectivity index (χ0) is 13.4. The number of rotatable bonds is 8. The molecule has 0 radical (unpaired) electrons. The first-order valence-electron chi connectivity index (χ1n) is 6.82. The zero-order valence-corrected chi connectivity index (χ0v) is 12.6. The molecule has 0 amide bonds. The Morgan fingerprint density at radius 1 is 1.50 bits per heavy atom. The summed E-state index contributed by atoms with van der Waals surface area (Å²) >= 11 is 6.06. The molecule has 1 saturated heterocycles. The molecule has 2 atom stereocenters. The van der Waals surface area contributed by atoms with Gasteiger partial charge in [-0.2, -0.15) is 0 Å². The third-order valence-corrected chi connectivity index (χ3v) is 3.60. The van der Waals surface area contributed by atoms with E-state index in [1.54, 1.807) is 7.11 Å². The van der Waals surface area contributed by atoms with Gasteiger partial charge in [0.2, 0.25) is 0 Å².